The number of carbonyl (C=O) groups is 1. The zero-order valence-electron chi connectivity index (χ0n) is 9.77. The smallest absolute Gasteiger partial charge is 0.323 e. The van der Waals surface area contributed by atoms with Crippen LogP contribution < -0.4 is 4.90 Å². The van der Waals surface area contributed by atoms with Crippen molar-refractivity contribution in [2.75, 3.05) is 11.4 Å². The summed E-state index contributed by atoms with van der Waals surface area (Å²) in [5, 5.41) is 9.62. The van der Waals surface area contributed by atoms with E-state index in [0.29, 0.717) is 17.0 Å². The van der Waals surface area contributed by atoms with Crippen LogP contribution in [-0.4, -0.2) is 23.7 Å². The molecule has 0 radical (unpaired) electrons. The number of anilines is 1. The normalized spacial score (nSPS) is 22.9. The number of aliphatic carboxylic acids is 1. The van der Waals surface area contributed by atoms with Crippen LogP contribution in [0.3, 0.4) is 0 Å². The first kappa shape index (κ1) is 12.2. The van der Waals surface area contributed by atoms with E-state index in [4.69, 9.17) is 16.7 Å². The highest BCUT2D eigenvalue weighted by atomic mass is 35.5. The molecule has 0 amide bonds. The maximum absolute atomic E-state index is 10.9. The summed E-state index contributed by atoms with van der Waals surface area (Å²) in [6, 6.07) is 7.73. The Kier molecular flexibility index (Phi) is 3.57. The van der Waals surface area contributed by atoms with E-state index in [9.17, 15) is 4.79 Å². The maximum atomic E-state index is 10.9. The number of benzene rings is 1. The highest BCUT2D eigenvalue weighted by molar-refractivity contribution is 6.30. The van der Waals surface area contributed by atoms with Crippen LogP contribution in [0.1, 0.15) is 19.8 Å². The lowest BCUT2D eigenvalue weighted by atomic mass is 9.80. The van der Waals surface area contributed by atoms with Crippen LogP contribution in [-0.2, 0) is 4.79 Å². The van der Waals surface area contributed by atoms with Gasteiger partial charge in [0.15, 0.2) is 0 Å². The summed E-state index contributed by atoms with van der Waals surface area (Å²) < 4.78 is 0. The van der Waals surface area contributed by atoms with Crippen molar-refractivity contribution in [2.24, 2.45) is 5.92 Å². The molecule has 1 aliphatic rings. The average molecular weight is 254 g/mol. The standard InChI is InChI=1S/C13H16ClNO2/c1-9-5-12(6-9)15(8-13(16)17)11-4-2-3-10(14)7-11/h2-4,7,9,12H,5-6,8H2,1H3,(H,16,17). The quantitative estimate of drug-likeness (QED) is 0.897. The molecule has 0 saturated heterocycles. The van der Waals surface area contributed by atoms with Crippen molar-refractivity contribution in [2.45, 2.75) is 25.8 Å². The fraction of sp³-hybridized carbons (Fsp3) is 0.462. The van der Waals surface area contributed by atoms with E-state index < -0.39 is 5.97 Å². The van der Waals surface area contributed by atoms with Crippen LogP contribution in [0.2, 0.25) is 5.02 Å². The van der Waals surface area contributed by atoms with Crippen molar-refractivity contribution in [3.63, 3.8) is 0 Å². The largest absolute Gasteiger partial charge is 0.480 e. The molecular weight excluding hydrogens is 238 g/mol. The molecule has 3 nitrogen and oxygen atoms in total. The Morgan fingerprint density at radius 1 is 1.53 bits per heavy atom. The molecule has 0 aliphatic heterocycles. The van der Waals surface area contributed by atoms with Crippen LogP contribution >= 0.6 is 11.6 Å². The topological polar surface area (TPSA) is 40.5 Å². The van der Waals surface area contributed by atoms with Gasteiger partial charge in [-0.3, -0.25) is 4.79 Å². The Balaban J connectivity index is 2.17. The number of rotatable bonds is 4. The Hall–Kier alpha value is -1.22. The molecule has 1 aliphatic carbocycles. The fourth-order valence-corrected chi connectivity index (χ4v) is 2.53. The second kappa shape index (κ2) is 4.96. The van der Waals surface area contributed by atoms with Gasteiger partial charge in [0, 0.05) is 16.8 Å². The molecular formula is C13H16ClNO2. The second-order valence-corrected chi connectivity index (χ2v) is 5.17. The lowest BCUT2D eigenvalue weighted by molar-refractivity contribution is -0.135. The molecule has 0 unspecified atom stereocenters. The first-order chi connectivity index (χ1) is 8.06. The van der Waals surface area contributed by atoms with E-state index in [1.165, 1.54) is 0 Å². The molecule has 1 saturated carbocycles. The van der Waals surface area contributed by atoms with Gasteiger partial charge in [-0.25, -0.2) is 0 Å². The third kappa shape index (κ3) is 2.91. The van der Waals surface area contributed by atoms with Crippen molar-refractivity contribution in [1.82, 2.24) is 0 Å². The van der Waals surface area contributed by atoms with Gasteiger partial charge in [0.2, 0.25) is 0 Å². The van der Waals surface area contributed by atoms with E-state index in [2.05, 4.69) is 6.92 Å². The molecule has 0 bridgehead atoms. The van der Waals surface area contributed by atoms with Crippen LogP contribution in [0.25, 0.3) is 0 Å². The Morgan fingerprint density at radius 3 is 2.76 bits per heavy atom. The summed E-state index contributed by atoms with van der Waals surface area (Å²) in [6.07, 6.45) is 2.11. The van der Waals surface area contributed by atoms with Crippen LogP contribution in [0.4, 0.5) is 5.69 Å². The van der Waals surface area contributed by atoms with Gasteiger partial charge in [-0.2, -0.15) is 0 Å². The molecule has 4 heteroatoms. The Labute approximate surface area is 106 Å². The molecule has 92 valence electrons. The van der Waals surface area contributed by atoms with Crippen LogP contribution in [0.5, 0.6) is 0 Å². The molecule has 0 spiro atoms. The van der Waals surface area contributed by atoms with Gasteiger partial charge in [0.25, 0.3) is 0 Å². The number of halogens is 1. The van der Waals surface area contributed by atoms with E-state index >= 15 is 0 Å². The summed E-state index contributed by atoms with van der Waals surface area (Å²) in [4.78, 5) is 12.9. The zero-order valence-corrected chi connectivity index (χ0v) is 10.5. The van der Waals surface area contributed by atoms with E-state index in [1.807, 2.05) is 23.1 Å². The third-order valence-corrected chi connectivity index (χ3v) is 3.47. The maximum Gasteiger partial charge on any atom is 0.323 e. The third-order valence-electron chi connectivity index (χ3n) is 3.24. The minimum absolute atomic E-state index is 0.0394. The lowest BCUT2D eigenvalue weighted by Gasteiger charge is -2.42. The van der Waals surface area contributed by atoms with Crippen molar-refractivity contribution in [1.29, 1.82) is 0 Å². The van der Waals surface area contributed by atoms with Gasteiger partial charge >= 0.3 is 5.97 Å². The molecule has 1 aromatic carbocycles. The van der Waals surface area contributed by atoms with Gasteiger partial charge < -0.3 is 10.0 Å². The first-order valence-electron chi connectivity index (χ1n) is 5.80. The van der Waals surface area contributed by atoms with Gasteiger partial charge in [-0.05, 0) is 37.0 Å². The Morgan fingerprint density at radius 2 is 2.24 bits per heavy atom. The summed E-state index contributed by atoms with van der Waals surface area (Å²) in [5.41, 5.74) is 0.900. The molecule has 0 atom stereocenters. The van der Waals surface area contributed by atoms with Crippen molar-refractivity contribution in [3.05, 3.63) is 29.3 Å². The number of nitrogens with zero attached hydrogens (tertiary/aromatic N) is 1. The predicted octanol–water partition coefficient (Wildman–Crippen LogP) is 3.03. The lowest BCUT2D eigenvalue weighted by Crippen LogP contribution is -2.46. The van der Waals surface area contributed by atoms with Crippen molar-refractivity contribution in [3.8, 4) is 0 Å². The summed E-state index contributed by atoms with van der Waals surface area (Å²) in [5.74, 6) is -0.111. The summed E-state index contributed by atoms with van der Waals surface area (Å²) in [6.45, 7) is 2.23. The second-order valence-electron chi connectivity index (χ2n) is 4.73. The fourth-order valence-electron chi connectivity index (χ4n) is 2.35. The number of hydrogen-bond acceptors (Lipinski definition) is 2. The molecule has 0 heterocycles. The molecule has 1 N–H and O–H groups in total. The molecule has 17 heavy (non-hydrogen) atoms. The van der Waals surface area contributed by atoms with Crippen molar-refractivity contribution < 1.29 is 9.90 Å². The highest BCUT2D eigenvalue weighted by Gasteiger charge is 2.31. The number of carboxylic acids is 1. The predicted molar refractivity (Wildman–Crippen MR) is 68.6 cm³/mol. The van der Waals surface area contributed by atoms with E-state index in [0.717, 1.165) is 18.5 Å². The minimum Gasteiger partial charge on any atom is -0.480 e. The average Bonchev–Trinajstić information content (AvgIpc) is 2.21. The number of carboxylic acid groups (broad SMARTS) is 1. The molecule has 2 rings (SSSR count). The van der Waals surface area contributed by atoms with E-state index in [1.54, 1.807) is 6.07 Å². The van der Waals surface area contributed by atoms with Crippen molar-refractivity contribution >= 4 is 23.3 Å². The number of hydrogen-bond donors (Lipinski definition) is 1. The molecule has 1 fully saturated rings. The summed E-state index contributed by atoms with van der Waals surface area (Å²) in [7, 11) is 0. The van der Waals surface area contributed by atoms with Gasteiger partial charge in [0.05, 0.1) is 0 Å². The van der Waals surface area contributed by atoms with Crippen LogP contribution in [0.15, 0.2) is 24.3 Å². The summed E-state index contributed by atoms with van der Waals surface area (Å²) >= 11 is 5.95. The van der Waals surface area contributed by atoms with Gasteiger partial charge in [-0.1, -0.05) is 24.6 Å². The monoisotopic (exact) mass is 253 g/mol. The molecule has 0 aromatic heterocycles. The minimum atomic E-state index is -0.801. The van der Waals surface area contributed by atoms with Gasteiger partial charge in [0.1, 0.15) is 6.54 Å². The Bertz CT molecular complexity index is 416. The molecule has 1 aromatic rings. The SMILES string of the molecule is CC1CC(N(CC(=O)O)c2cccc(Cl)c2)C1. The zero-order chi connectivity index (χ0) is 12.4. The highest BCUT2D eigenvalue weighted by Crippen LogP contribution is 2.34. The van der Waals surface area contributed by atoms with Gasteiger partial charge in [-0.15, -0.1) is 0 Å². The first-order valence-corrected chi connectivity index (χ1v) is 6.18. The van der Waals surface area contributed by atoms with Crippen LogP contribution in [0, 0.1) is 5.92 Å². The van der Waals surface area contributed by atoms with E-state index in [-0.39, 0.29) is 6.54 Å².